The second-order valence-electron chi connectivity index (χ2n) is 5.10. The molecule has 6 heteroatoms. The maximum Gasteiger partial charge on any atom is 0.282 e. The number of nitrogens with two attached hydrogens (primary N) is 1. The molecule has 20 heavy (non-hydrogen) atoms. The smallest absolute Gasteiger partial charge is 0.282 e. The van der Waals surface area contributed by atoms with E-state index in [1.165, 1.54) is 8.61 Å². The fourth-order valence-corrected chi connectivity index (χ4v) is 3.47. The summed E-state index contributed by atoms with van der Waals surface area (Å²) in [5, 5.41) is 0. The molecule has 2 N–H and O–H groups in total. The molecule has 0 saturated heterocycles. The summed E-state index contributed by atoms with van der Waals surface area (Å²) in [6.07, 6.45) is 0.660. The number of benzene rings is 1. The van der Waals surface area contributed by atoms with Crippen LogP contribution < -0.4 is 5.73 Å². The molecule has 1 aromatic rings. The number of hydrogen-bond acceptors (Lipinski definition) is 3. The Kier molecular flexibility index (Phi) is 6.61. The van der Waals surface area contributed by atoms with Gasteiger partial charge >= 0.3 is 0 Å². The average Bonchev–Trinajstić information content (AvgIpc) is 2.42. The zero-order chi connectivity index (χ0) is 15.2. The van der Waals surface area contributed by atoms with Crippen LogP contribution >= 0.6 is 0 Å². The highest BCUT2D eigenvalue weighted by molar-refractivity contribution is 7.86. The lowest BCUT2D eigenvalue weighted by molar-refractivity contribution is 0.311. The van der Waals surface area contributed by atoms with Gasteiger partial charge < -0.3 is 5.73 Å². The lowest BCUT2D eigenvalue weighted by atomic mass is 10.2. The number of rotatable bonds is 8. The molecule has 1 rings (SSSR count). The van der Waals surface area contributed by atoms with Crippen LogP contribution in [0.3, 0.4) is 0 Å². The Balaban J connectivity index is 2.90. The van der Waals surface area contributed by atoms with Gasteiger partial charge in [-0.2, -0.15) is 17.0 Å². The highest BCUT2D eigenvalue weighted by Gasteiger charge is 2.28. The van der Waals surface area contributed by atoms with E-state index in [4.69, 9.17) is 5.73 Å². The predicted octanol–water partition coefficient (Wildman–Crippen LogP) is 1.42. The van der Waals surface area contributed by atoms with Crippen molar-refractivity contribution in [2.24, 2.45) is 5.73 Å². The zero-order valence-electron chi connectivity index (χ0n) is 12.5. The van der Waals surface area contributed by atoms with Crippen LogP contribution in [0.4, 0.5) is 0 Å². The van der Waals surface area contributed by atoms with E-state index in [-0.39, 0.29) is 6.04 Å². The molecule has 0 aliphatic carbocycles. The highest BCUT2D eigenvalue weighted by atomic mass is 32.2. The molecule has 0 aliphatic heterocycles. The van der Waals surface area contributed by atoms with Crippen molar-refractivity contribution < 1.29 is 8.42 Å². The minimum atomic E-state index is -3.46. The first-order valence-electron chi connectivity index (χ1n) is 6.86. The second kappa shape index (κ2) is 7.73. The Bertz CT molecular complexity index is 488. The van der Waals surface area contributed by atoms with Crippen molar-refractivity contribution in [3.05, 3.63) is 35.9 Å². The molecular formula is C14H25N3O2S. The Hall–Kier alpha value is -0.950. The molecule has 0 spiro atoms. The van der Waals surface area contributed by atoms with Crippen LogP contribution in [0.5, 0.6) is 0 Å². The highest BCUT2D eigenvalue weighted by Crippen LogP contribution is 2.16. The molecule has 0 fully saturated rings. The maximum atomic E-state index is 12.6. The predicted molar refractivity (Wildman–Crippen MR) is 82.3 cm³/mol. The Labute approximate surface area is 122 Å². The van der Waals surface area contributed by atoms with Gasteiger partial charge in [-0.25, -0.2) is 0 Å². The molecule has 0 atom stereocenters. The average molecular weight is 299 g/mol. The van der Waals surface area contributed by atoms with E-state index in [9.17, 15) is 8.42 Å². The van der Waals surface area contributed by atoms with Gasteiger partial charge in [0.15, 0.2) is 0 Å². The van der Waals surface area contributed by atoms with E-state index >= 15 is 0 Å². The molecule has 0 aliphatic rings. The minimum absolute atomic E-state index is 0.0967. The summed E-state index contributed by atoms with van der Waals surface area (Å²) >= 11 is 0. The summed E-state index contributed by atoms with van der Waals surface area (Å²) in [7, 11) is -1.86. The molecule has 0 heterocycles. The van der Waals surface area contributed by atoms with Crippen LogP contribution in [0.2, 0.25) is 0 Å². The standard InChI is InChI=1S/C14H25N3O2S/c1-13(2)17(12-14-8-5-4-6-9-14)20(18,19)16(3)11-7-10-15/h4-6,8-9,13H,7,10-12,15H2,1-3H3. The van der Waals surface area contributed by atoms with Crippen molar-refractivity contribution in [1.82, 2.24) is 8.61 Å². The number of nitrogens with zero attached hydrogens (tertiary/aromatic N) is 2. The van der Waals surface area contributed by atoms with Crippen molar-refractivity contribution in [3.8, 4) is 0 Å². The summed E-state index contributed by atoms with van der Waals surface area (Å²) in [5.41, 5.74) is 6.43. The summed E-state index contributed by atoms with van der Waals surface area (Å²) in [4.78, 5) is 0. The quantitative estimate of drug-likeness (QED) is 0.789. The first kappa shape index (κ1) is 17.1. The van der Waals surface area contributed by atoms with Crippen LogP contribution in [0.25, 0.3) is 0 Å². The Morgan fingerprint density at radius 3 is 2.30 bits per heavy atom. The van der Waals surface area contributed by atoms with Gasteiger partial charge in [0.05, 0.1) is 0 Å². The van der Waals surface area contributed by atoms with Gasteiger partial charge in [0.2, 0.25) is 0 Å². The van der Waals surface area contributed by atoms with Crippen LogP contribution in [-0.2, 0) is 16.8 Å². The molecule has 0 unspecified atom stereocenters. The van der Waals surface area contributed by atoms with Crippen molar-refractivity contribution in [2.45, 2.75) is 32.9 Å². The summed E-state index contributed by atoms with van der Waals surface area (Å²) in [6, 6.07) is 9.53. The fourth-order valence-electron chi connectivity index (χ4n) is 1.90. The second-order valence-corrected chi connectivity index (χ2v) is 7.08. The lowest BCUT2D eigenvalue weighted by Gasteiger charge is -2.30. The third kappa shape index (κ3) is 4.56. The zero-order valence-corrected chi connectivity index (χ0v) is 13.3. The Morgan fingerprint density at radius 2 is 1.80 bits per heavy atom. The van der Waals surface area contributed by atoms with Gasteiger partial charge in [-0.05, 0) is 32.4 Å². The summed E-state index contributed by atoms with van der Waals surface area (Å²) in [5.74, 6) is 0. The molecular weight excluding hydrogens is 274 g/mol. The number of hydrogen-bond donors (Lipinski definition) is 1. The van der Waals surface area contributed by atoms with Crippen molar-refractivity contribution >= 4 is 10.2 Å². The monoisotopic (exact) mass is 299 g/mol. The van der Waals surface area contributed by atoms with Crippen LogP contribution in [0.1, 0.15) is 25.8 Å². The van der Waals surface area contributed by atoms with Gasteiger partial charge in [-0.3, -0.25) is 0 Å². The lowest BCUT2D eigenvalue weighted by Crippen LogP contribution is -2.45. The van der Waals surface area contributed by atoms with Gasteiger partial charge in [0.25, 0.3) is 10.2 Å². The van der Waals surface area contributed by atoms with E-state index < -0.39 is 10.2 Å². The Morgan fingerprint density at radius 1 is 1.20 bits per heavy atom. The van der Waals surface area contributed by atoms with Gasteiger partial charge in [-0.1, -0.05) is 30.3 Å². The molecule has 114 valence electrons. The molecule has 1 aromatic carbocycles. The summed E-state index contributed by atoms with van der Waals surface area (Å²) in [6.45, 7) is 5.08. The van der Waals surface area contributed by atoms with Crippen molar-refractivity contribution in [3.63, 3.8) is 0 Å². The minimum Gasteiger partial charge on any atom is -0.330 e. The van der Waals surface area contributed by atoms with E-state index in [0.29, 0.717) is 26.1 Å². The van der Waals surface area contributed by atoms with Crippen LogP contribution in [0.15, 0.2) is 30.3 Å². The third-order valence-electron chi connectivity index (χ3n) is 3.12. The molecule has 0 aromatic heterocycles. The van der Waals surface area contributed by atoms with E-state index in [1.807, 2.05) is 44.2 Å². The van der Waals surface area contributed by atoms with E-state index in [0.717, 1.165) is 5.56 Å². The van der Waals surface area contributed by atoms with E-state index in [2.05, 4.69) is 0 Å². The topological polar surface area (TPSA) is 66.6 Å². The van der Waals surface area contributed by atoms with Gasteiger partial charge in [-0.15, -0.1) is 0 Å². The molecule has 0 radical (unpaired) electrons. The molecule has 0 amide bonds. The van der Waals surface area contributed by atoms with E-state index in [1.54, 1.807) is 7.05 Å². The first-order valence-corrected chi connectivity index (χ1v) is 8.26. The van der Waals surface area contributed by atoms with Crippen LogP contribution in [-0.4, -0.2) is 43.2 Å². The molecule has 0 bridgehead atoms. The van der Waals surface area contributed by atoms with Gasteiger partial charge in [0.1, 0.15) is 0 Å². The maximum absolute atomic E-state index is 12.6. The van der Waals surface area contributed by atoms with Crippen molar-refractivity contribution in [2.75, 3.05) is 20.1 Å². The molecule has 5 nitrogen and oxygen atoms in total. The normalized spacial score (nSPS) is 12.6. The van der Waals surface area contributed by atoms with Crippen molar-refractivity contribution in [1.29, 1.82) is 0 Å². The van der Waals surface area contributed by atoms with Gasteiger partial charge in [0, 0.05) is 26.2 Å². The summed E-state index contributed by atoms with van der Waals surface area (Å²) < 4.78 is 28.1. The SMILES string of the molecule is CC(C)N(Cc1ccccc1)S(=O)(=O)N(C)CCCN. The largest absolute Gasteiger partial charge is 0.330 e. The third-order valence-corrected chi connectivity index (χ3v) is 5.24. The first-order chi connectivity index (χ1) is 9.39. The molecule has 0 saturated carbocycles. The fraction of sp³-hybridized carbons (Fsp3) is 0.571. The van der Waals surface area contributed by atoms with Crippen LogP contribution in [0, 0.1) is 0 Å².